The molecule has 3 nitrogen and oxygen atoms in total. The van der Waals surface area contributed by atoms with E-state index in [9.17, 15) is 10.4 Å². The lowest BCUT2D eigenvalue weighted by atomic mass is 9.44. The van der Waals surface area contributed by atoms with Crippen molar-refractivity contribution < 1.29 is 9.84 Å². The first kappa shape index (κ1) is 16.9. The SMILES string of the molecule is CO[C@@H]1C[C@]2(C)[C@@H](C#N)CC[C@H]2[C@@H]2CC[C@H]3C[C@H](O)CC[C@]3(C)C21. The summed E-state index contributed by atoms with van der Waals surface area (Å²) in [6.45, 7) is 4.87. The van der Waals surface area contributed by atoms with Crippen LogP contribution in [0.15, 0.2) is 0 Å². The molecule has 4 aliphatic rings. The number of aliphatic hydroxyl groups excluding tert-OH is 1. The molecule has 3 heteroatoms. The summed E-state index contributed by atoms with van der Waals surface area (Å²) >= 11 is 0. The average Bonchev–Trinajstić information content (AvgIpc) is 2.90. The van der Waals surface area contributed by atoms with Crippen molar-refractivity contribution in [2.45, 2.75) is 77.4 Å². The Bertz CT molecular complexity index is 542. The Morgan fingerprint density at radius 2 is 1.88 bits per heavy atom. The van der Waals surface area contributed by atoms with Gasteiger partial charge in [0.05, 0.1) is 24.2 Å². The van der Waals surface area contributed by atoms with Gasteiger partial charge in [-0.3, -0.25) is 0 Å². The third-order valence-corrected chi connectivity index (χ3v) is 9.00. The van der Waals surface area contributed by atoms with Crippen LogP contribution in [-0.2, 0) is 4.74 Å². The molecule has 0 heterocycles. The number of ether oxygens (including phenoxy) is 1. The van der Waals surface area contributed by atoms with E-state index in [-0.39, 0.29) is 23.5 Å². The van der Waals surface area contributed by atoms with Crippen molar-refractivity contribution in [2.24, 2.45) is 40.4 Å². The molecule has 0 saturated heterocycles. The highest BCUT2D eigenvalue weighted by atomic mass is 16.5. The van der Waals surface area contributed by atoms with Gasteiger partial charge in [-0.15, -0.1) is 0 Å². The second-order valence-electron chi connectivity index (χ2n) is 9.75. The molecular formula is C21H33NO2. The van der Waals surface area contributed by atoms with Crippen molar-refractivity contribution in [1.82, 2.24) is 0 Å². The topological polar surface area (TPSA) is 53.2 Å². The molecule has 0 aromatic heterocycles. The van der Waals surface area contributed by atoms with Gasteiger partial charge >= 0.3 is 0 Å². The Hall–Kier alpha value is -0.590. The van der Waals surface area contributed by atoms with Gasteiger partial charge in [0, 0.05) is 7.11 Å². The number of methoxy groups -OCH3 is 1. The zero-order chi connectivity index (χ0) is 17.1. The molecule has 0 aliphatic heterocycles. The Kier molecular flexibility index (Phi) is 4.01. The minimum Gasteiger partial charge on any atom is -0.393 e. The lowest BCUT2D eigenvalue weighted by Crippen LogP contribution is -2.59. The molecule has 0 amide bonds. The van der Waals surface area contributed by atoms with E-state index in [1.165, 1.54) is 19.3 Å². The molecule has 4 aliphatic carbocycles. The highest BCUT2D eigenvalue weighted by molar-refractivity contribution is 5.15. The van der Waals surface area contributed by atoms with Crippen molar-refractivity contribution in [2.75, 3.05) is 7.11 Å². The van der Waals surface area contributed by atoms with Crippen LogP contribution >= 0.6 is 0 Å². The zero-order valence-electron chi connectivity index (χ0n) is 15.5. The third-order valence-electron chi connectivity index (χ3n) is 9.00. The second-order valence-corrected chi connectivity index (χ2v) is 9.75. The van der Waals surface area contributed by atoms with Gasteiger partial charge < -0.3 is 9.84 Å². The zero-order valence-corrected chi connectivity index (χ0v) is 15.5. The maximum absolute atomic E-state index is 10.2. The van der Waals surface area contributed by atoms with E-state index in [1.54, 1.807) is 0 Å². The lowest BCUT2D eigenvalue weighted by Gasteiger charge is -2.62. The summed E-state index contributed by atoms with van der Waals surface area (Å²) in [6, 6.07) is 2.63. The molecule has 1 unspecified atom stereocenters. The molecule has 4 saturated carbocycles. The first-order valence-corrected chi connectivity index (χ1v) is 10.0. The van der Waals surface area contributed by atoms with E-state index >= 15 is 0 Å². The van der Waals surface area contributed by atoms with Gasteiger partial charge in [0.2, 0.25) is 0 Å². The van der Waals surface area contributed by atoms with E-state index in [2.05, 4.69) is 19.9 Å². The molecule has 4 rings (SSSR count). The third kappa shape index (κ3) is 2.15. The largest absolute Gasteiger partial charge is 0.393 e. The number of aliphatic hydroxyl groups is 1. The highest BCUT2D eigenvalue weighted by Gasteiger charge is 2.63. The van der Waals surface area contributed by atoms with Gasteiger partial charge in [0.1, 0.15) is 0 Å². The molecule has 0 radical (unpaired) electrons. The van der Waals surface area contributed by atoms with Crippen molar-refractivity contribution in [3.63, 3.8) is 0 Å². The fraction of sp³-hybridized carbons (Fsp3) is 0.952. The van der Waals surface area contributed by atoms with Crippen LogP contribution in [0, 0.1) is 51.8 Å². The predicted molar refractivity (Wildman–Crippen MR) is 93.0 cm³/mol. The van der Waals surface area contributed by atoms with Gasteiger partial charge in [0.25, 0.3) is 0 Å². The number of hydrogen-bond acceptors (Lipinski definition) is 3. The van der Waals surface area contributed by atoms with Crippen molar-refractivity contribution in [3.05, 3.63) is 0 Å². The van der Waals surface area contributed by atoms with E-state index in [0.717, 1.165) is 32.1 Å². The monoisotopic (exact) mass is 331 g/mol. The Morgan fingerprint density at radius 3 is 2.58 bits per heavy atom. The Balaban J connectivity index is 1.70. The highest BCUT2D eigenvalue weighted by Crippen LogP contribution is 2.67. The van der Waals surface area contributed by atoms with Crippen LogP contribution in [0.2, 0.25) is 0 Å². The minimum absolute atomic E-state index is 0.0936. The maximum Gasteiger partial charge on any atom is 0.0661 e. The standard InChI is InChI=1S/C21H33NO2/c1-20-9-8-15(23)10-13(20)4-6-16-17-7-5-14(12-22)21(17,2)11-18(24-3)19(16)20/h13-19,23H,4-11H2,1-3H3/t13-,14+,15+,16-,17-,18+,19?,20-,21+/m0/s1. The fourth-order valence-electron chi connectivity index (χ4n) is 7.76. The van der Waals surface area contributed by atoms with Crippen LogP contribution in [0.25, 0.3) is 0 Å². The molecule has 0 aromatic carbocycles. The summed E-state index contributed by atoms with van der Waals surface area (Å²) in [5.74, 6) is 2.88. The predicted octanol–water partition coefficient (Wildman–Crippen LogP) is 4.15. The van der Waals surface area contributed by atoms with E-state index in [0.29, 0.717) is 29.1 Å². The molecule has 9 atom stereocenters. The van der Waals surface area contributed by atoms with Crippen molar-refractivity contribution in [1.29, 1.82) is 5.26 Å². The molecule has 4 fully saturated rings. The fourth-order valence-corrected chi connectivity index (χ4v) is 7.76. The quantitative estimate of drug-likeness (QED) is 0.785. The number of fused-ring (bicyclic) bond motifs is 5. The lowest BCUT2D eigenvalue weighted by molar-refractivity contribution is -0.183. The van der Waals surface area contributed by atoms with E-state index in [4.69, 9.17) is 4.74 Å². The second kappa shape index (κ2) is 5.71. The van der Waals surface area contributed by atoms with E-state index < -0.39 is 0 Å². The van der Waals surface area contributed by atoms with Gasteiger partial charge in [-0.25, -0.2) is 0 Å². The average molecular weight is 332 g/mol. The van der Waals surface area contributed by atoms with Crippen LogP contribution in [-0.4, -0.2) is 24.4 Å². The summed E-state index contributed by atoms with van der Waals surface area (Å²) in [4.78, 5) is 0. The molecule has 0 spiro atoms. The number of nitriles is 1. The summed E-state index contributed by atoms with van der Waals surface area (Å²) in [7, 11) is 1.88. The van der Waals surface area contributed by atoms with Crippen molar-refractivity contribution >= 4 is 0 Å². The molecule has 1 N–H and O–H groups in total. The molecule has 0 aromatic rings. The van der Waals surface area contributed by atoms with Crippen LogP contribution in [0.4, 0.5) is 0 Å². The van der Waals surface area contributed by atoms with Gasteiger partial charge in [0.15, 0.2) is 0 Å². The first-order chi connectivity index (χ1) is 11.4. The summed E-state index contributed by atoms with van der Waals surface area (Å²) < 4.78 is 6.10. The number of rotatable bonds is 1. The molecule has 24 heavy (non-hydrogen) atoms. The van der Waals surface area contributed by atoms with Crippen LogP contribution in [0.3, 0.4) is 0 Å². The van der Waals surface area contributed by atoms with Crippen LogP contribution in [0.5, 0.6) is 0 Å². The normalized spacial score (nSPS) is 56.7. The van der Waals surface area contributed by atoms with Crippen LogP contribution < -0.4 is 0 Å². The number of nitrogens with zero attached hydrogens (tertiary/aromatic N) is 1. The Labute approximate surface area is 146 Å². The maximum atomic E-state index is 10.2. The molecule has 134 valence electrons. The Morgan fingerprint density at radius 1 is 1.08 bits per heavy atom. The smallest absolute Gasteiger partial charge is 0.0661 e. The van der Waals surface area contributed by atoms with Gasteiger partial charge in [-0.1, -0.05) is 13.8 Å². The summed E-state index contributed by atoms with van der Waals surface area (Å²) in [6.07, 6.45) is 9.17. The number of hydrogen-bond donors (Lipinski definition) is 1. The molecule has 0 bridgehead atoms. The van der Waals surface area contributed by atoms with Gasteiger partial charge in [-0.05, 0) is 85.9 Å². The first-order valence-electron chi connectivity index (χ1n) is 10.0. The van der Waals surface area contributed by atoms with Gasteiger partial charge in [-0.2, -0.15) is 5.26 Å². The van der Waals surface area contributed by atoms with E-state index in [1.807, 2.05) is 7.11 Å². The summed E-state index contributed by atoms with van der Waals surface area (Å²) in [5.41, 5.74) is 0.461. The summed E-state index contributed by atoms with van der Waals surface area (Å²) in [5, 5.41) is 19.8. The minimum atomic E-state index is -0.0936. The van der Waals surface area contributed by atoms with Crippen molar-refractivity contribution in [3.8, 4) is 6.07 Å². The molecular weight excluding hydrogens is 298 g/mol. The van der Waals surface area contributed by atoms with Crippen LogP contribution in [0.1, 0.15) is 65.2 Å².